The van der Waals surface area contributed by atoms with Crippen LogP contribution in [0.25, 0.3) is 0 Å². The van der Waals surface area contributed by atoms with Crippen molar-refractivity contribution in [2.75, 3.05) is 0 Å². The second kappa shape index (κ2) is 23.4. The largest absolute Gasteiger partial charge is 0.481 e. The Labute approximate surface area is 178 Å². The fourth-order valence-corrected chi connectivity index (χ4v) is 3.05. The van der Waals surface area contributed by atoms with E-state index in [1.807, 2.05) is 0 Å². The molecule has 3 N–H and O–H groups in total. The van der Waals surface area contributed by atoms with Crippen LogP contribution in [0.15, 0.2) is 12.2 Å². The van der Waals surface area contributed by atoms with Gasteiger partial charge in [-0.3, -0.25) is 13.9 Å². The average Bonchev–Trinajstić information content (AvgIpc) is 2.62. The van der Waals surface area contributed by atoms with E-state index in [4.69, 9.17) is 22.6 Å². The molecule has 0 amide bonds. The smallest absolute Gasteiger partial charge is 0.394 e. The standard InChI is InChI=1S/C22H42O2.H2O4S/c1-2-3-4-5-6-7-8-9-10-11-12-13-14-15-16-17-18-19-20-21-22(23)24;1-5(2,3)4/h9-10H,2-8,11-21H2,1H3,(H,23,24);(H2,1,2,3,4)/b10-9-;. The molecule has 174 valence electrons. The van der Waals surface area contributed by atoms with E-state index in [0.29, 0.717) is 6.42 Å². The van der Waals surface area contributed by atoms with Crippen molar-refractivity contribution in [1.82, 2.24) is 0 Å². The fraction of sp³-hybridized carbons (Fsp3) is 0.864. The lowest BCUT2D eigenvalue weighted by Crippen LogP contribution is -1.93. The van der Waals surface area contributed by atoms with Crippen molar-refractivity contribution in [3.05, 3.63) is 12.2 Å². The van der Waals surface area contributed by atoms with Gasteiger partial charge in [0.25, 0.3) is 0 Å². The number of hydrogen-bond donors (Lipinski definition) is 3. The van der Waals surface area contributed by atoms with Gasteiger partial charge < -0.3 is 5.11 Å². The van der Waals surface area contributed by atoms with Crippen molar-refractivity contribution in [1.29, 1.82) is 0 Å². The van der Waals surface area contributed by atoms with E-state index < -0.39 is 16.4 Å². The number of aliphatic carboxylic acids is 1. The Morgan fingerprint density at radius 3 is 1.31 bits per heavy atom. The van der Waals surface area contributed by atoms with Crippen LogP contribution < -0.4 is 0 Å². The van der Waals surface area contributed by atoms with E-state index in [2.05, 4.69) is 19.1 Å². The first-order valence-electron chi connectivity index (χ1n) is 11.3. The van der Waals surface area contributed by atoms with E-state index in [9.17, 15) is 4.79 Å². The lowest BCUT2D eigenvalue weighted by Gasteiger charge is -2.01. The van der Waals surface area contributed by atoms with Crippen molar-refractivity contribution in [2.45, 2.75) is 122 Å². The number of hydrogen-bond acceptors (Lipinski definition) is 3. The first kappa shape index (κ1) is 30.3. The van der Waals surface area contributed by atoms with Crippen LogP contribution in [0.5, 0.6) is 0 Å². The highest BCUT2D eigenvalue weighted by atomic mass is 32.3. The van der Waals surface area contributed by atoms with Gasteiger partial charge in [0.05, 0.1) is 0 Å². The molecule has 0 rings (SSSR count). The third kappa shape index (κ3) is 42.2. The summed E-state index contributed by atoms with van der Waals surface area (Å²) in [6.07, 6.45) is 27.1. The Morgan fingerprint density at radius 2 is 0.966 bits per heavy atom. The summed E-state index contributed by atoms with van der Waals surface area (Å²) in [7, 11) is -4.67. The third-order valence-corrected chi connectivity index (χ3v) is 4.65. The van der Waals surface area contributed by atoms with Crippen LogP contribution in [0.1, 0.15) is 122 Å². The Kier molecular flexibility index (Phi) is 24.4. The lowest BCUT2D eigenvalue weighted by molar-refractivity contribution is -0.137. The summed E-state index contributed by atoms with van der Waals surface area (Å²) in [6, 6.07) is 0. The summed E-state index contributed by atoms with van der Waals surface area (Å²) < 4.78 is 31.6. The zero-order chi connectivity index (χ0) is 22.2. The Balaban J connectivity index is 0. The maximum atomic E-state index is 10.4. The topological polar surface area (TPSA) is 112 Å². The van der Waals surface area contributed by atoms with E-state index in [0.717, 1.165) is 12.8 Å². The molecule has 0 saturated heterocycles. The molecule has 0 bridgehead atoms. The maximum absolute atomic E-state index is 10.4. The molecular weight excluding hydrogens is 392 g/mol. The zero-order valence-electron chi connectivity index (χ0n) is 18.4. The lowest BCUT2D eigenvalue weighted by atomic mass is 10.1. The normalized spacial score (nSPS) is 11.4. The summed E-state index contributed by atoms with van der Waals surface area (Å²) >= 11 is 0. The number of allylic oxidation sites excluding steroid dienone is 2. The predicted octanol–water partition coefficient (Wildman–Crippen LogP) is 7.02. The quantitative estimate of drug-likeness (QED) is 0.114. The van der Waals surface area contributed by atoms with Crippen LogP contribution in [0.2, 0.25) is 0 Å². The van der Waals surface area contributed by atoms with Crippen LogP contribution in [0, 0.1) is 0 Å². The zero-order valence-corrected chi connectivity index (χ0v) is 19.2. The van der Waals surface area contributed by atoms with Crippen molar-refractivity contribution in [3.63, 3.8) is 0 Å². The van der Waals surface area contributed by atoms with Gasteiger partial charge in [0, 0.05) is 6.42 Å². The molecule has 0 aliphatic heterocycles. The summed E-state index contributed by atoms with van der Waals surface area (Å²) in [5.41, 5.74) is 0. The summed E-state index contributed by atoms with van der Waals surface area (Å²) in [5, 5.41) is 8.55. The highest BCUT2D eigenvalue weighted by Crippen LogP contribution is 2.12. The molecule has 0 aliphatic carbocycles. The molecule has 6 nitrogen and oxygen atoms in total. The molecule has 0 unspecified atom stereocenters. The molecule has 0 saturated carbocycles. The Hall–Kier alpha value is -0.920. The minimum atomic E-state index is -4.67. The van der Waals surface area contributed by atoms with Gasteiger partial charge >= 0.3 is 16.4 Å². The van der Waals surface area contributed by atoms with Crippen LogP contribution >= 0.6 is 0 Å². The first-order chi connectivity index (χ1) is 13.8. The van der Waals surface area contributed by atoms with Gasteiger partial charge in [0.15, 0.2) is 0 Å². The molecule has 0 heterocycles. The highest BCUT2D eigenvalue weighted by molar-refractivity contribution is 7.79. The molecule has 0 fully saturated rings. The van der Waals surface area contributed by atoms with Crippen molar-refractivity contribution in [2.24, 2.45) is 0 Å². The van der Waals surface area contributed by atoms with Gasteiger partial charge in [-0.15, -0.1) is 0 Å². The summed E-state index contributed by atoms with van der Waals surface area (Å²) in [6.45, 7) is 2.27. The number of carbonyl (C=O) groups is 1. The summed E-state index contributed by atoms with van der Waals surface area (Å²) in [5.74, 6) is -0.656. The summed E-state index contributed by atoms with van der Waals surface area (Å²) in [4.78, 5) is 10.4. The maximum Gasteiger partial charge on any atom is 0.394 e. The van der Waals surface area contributed by atoms with E-state index in [-0.39, 0.29) is 0 Å². The average molecular weight is 437 g/mol. The predicted molar refractivity (Wildman–Crippen MR) is 120 cm³/mol. The van der Waals surface area contributed by atoms with E-state index >= 15 is 0 Å². The molecule has 7 heteroatoms. The third-order valence-electron chi connectivity index (χ3n) is 4.65. The molecule has 0 aliphatic rings. The van der Waals surface area contributed by atoms with Gasteiger partial charge in [-0.05, 0) is 32.1 Å². The van der Waals surface area contributed by atoms with Crippen molar-refractivity contribution < 1.29 is 27.4 Å². The van der Waals surface area contributed by atoms with E-state index in [1.165, 1.54) is 96.3 Å². The molecule has 0 spiro atoms. The molecular formula is C22H44O6S. The van der Waals surface area contributed by atoms with Gasteiger partial charge in [0.1, 0.15) is 0 Å². The monoisotopic (exact) mass is 436 g/mol. The SMILES string of the molecule is CCCCCCCC/C=C\CCCCCCCCCCCC(=O)O.O=S(=O)(O)O. The van der Waals surface area contributed by atoms with Gasteiger partial charge in [0.2, 0.25) is 0 Å². The minimum Gasteiger partial charge on any atom is -0.481 e. The minimum absolute atomic E-state index is 0.340. The Bertz CT molecular complexity index is 466. The number of carboxylic acid groups (broad SMARTS) is 1. The van der Waals surface area contributed by atoms with Crippen LogP contribution in [-0.4, -0.2) is 28.6 Å². The van der Waals surface area contributed by atoms with E-state index in [1.54, 1.807) is 0 Å². The molecule has 0 aromatic rings. The number of carboxylic acids is 1. The fourth-order valence-electron chi connectivity index (χ4n) is 3.05. The van der Waals surface area contributed by atoms with Gasteiger partial charge in [-0.1, -0.05) is 96.1 Å². The second-order valence-electron chi connectivity index (χ2n) is 7.59. The number of unbranched alkanes of at least 4 members (excludes halogenated alkanes) is 15. The number of rotatable bonds is 19. The van der Waals surface area contributed by atoms with Crippen molar-refractivity contribution in [3.8, 4) is 0 Å². The highest BCUT2D eigenvalue weighted by Gasteiger charge is 1.96. The molecule has 0 aromatic carbocycles. The van der Waals surface area contributed by atoms with Gasteiger partial charge in [-0.2, -0.15) is 8.42 Å². The van der Waals surface area contributed by atoms with Crippen LogP contribution in [0.4, 0.5) is 0 Å². The molecule has 0 atom stereocenters. The van der Waals surface area contributed by atoms with Crippen LogP contribution in [-0.2, 0) is 15.2 Å². The Morgan fingerprint density at radius 1 is 0.655 bits per heavy atom. The second-order valence-corrected chi connectivity index (χ2v) is 8.49. The molecule has 29 heavy (non-hydrogen) atoms. The van der Waals surface area contributed by atoms with Crippen LogP contribution in [0.3, 0.4) is 0 Å². The first-order valence-corrected chi connectivity index (χ1v) is 12.7. The molecule has 0 radical (unpaired) electrons. The molecule has 0 aromatic heterocycles. The van der Waals surface area contributed by atoms with Crippen molar-refractivity contribution >= 4 is 16.4 Å². The van der Waals surface area contributed by atoms with Gasteiger partial charge in [-0.25, -0.2) is 0 Å².